The van der Waals surface area contributed by atoms with Gasteiger partial charge in [-0.15, -0.1) is 0 Å². The van der Waals surface area contributed by atoms with Gasteiger partial charge in [0.15, 0.2) is 0 Å². The number of nitrogens with zero attached hydrogens (tertiary/aromatic N) is 1. The summed E-state index contributed by atoms with van der Waals surface area (Å²) in [6.07, 6.45) is 3.98. The van der Waals surface area contributed by atoms with Crippen molar-refractivity contribution in [2.45, 2.75) is 43.9 Å². The molecule has 2 fully saturated rings. The number of rotatable bonds is 1. The number of piperidine rings is 2. The third-order valence-corrected chi connectivity index (χ3v) is 7.02. The van der Waals surface area contributed by atoms with Gasteiger partial charge in [0.25, 0.3) is 0 Å². The van der Waals surface area contributed by atoms with Crippen molar-refractivity contribution >= 4 is 11.7 Å². The molecule has 26 heavy (non-hydrogen) atoms. The van der Waals surface area contributed by atoms with Gasteiger partial charge >= 0.3 is 5.97 Å². The van der Waals surface area contributed by atoms with Crippen LogP contribution in [-0.2, 0) is 14.3 Å². The van der Waals surface area contributed by atoms with Crippen LogP contribution in [0.15, 0.2) is 36.1 Å². The first-order chi connectivity index (χ1) is 12.7. The molecular weight excluding hydrogens is 328 g/mol. The molecule has 1 aromatic carbocycles. The SMILES string of the molecule is COC(=O)C1=CO[C@@H](C)[C@@H]2CN3CCC4c5ccccc5NC4[C@@H]3C[C@H]12. The lowest BCUT2D eigenvalue weighted by molar-refractivity contribution is -0.139. The molecule has 5 heteroatoms. The minimum atomic E-state index is -0.240. The average molecular weight is 354 g/mol. The summed E-state index contributed by atoms with van der Waals surface area (Å²) in [4.78, 5) is 14.9. The molecule has 5 nitrogen and oxygen atoms in total. The summed E-state index contributed by atoms with van der Waals surface area (Å²) in [5.74, 6) is 0.907. The van der Waals surface area contributed by atoms with Gasteiger partial charge in [-0.2, -0.15) is 0 Å². The summed E-state index contributed by atoms with van der Waals surface area (Å²) >= 11 is 0. The maximum Gasteiger partial charge on any atom is 0.337 e. The van der Waals surface area contributed by atoms with Crippen LogP contribution < -0.4 is 5.32 Å². The van der Waals surface area contributed by atoms with Crippen LogP contribution in [0.5, 0.6) is 0 Å². The normalized spacial score (nSPS) is 37.8. The molecule has 6 atom stereocenters. The molecule has 138 valence electrons. The van der Waals surface area contributed by atoms with Crippen LogP contribution in [0.3, 0.4) is 0 Å². The number of ether oxygens (including phenoxy) is 2. The zero-order valence-electron chi connectivity index (χ0n) is 15.4. The lowest BCUT2D eigenvalue weighted by atomic mass is 9.69. The molecule has 0 amide bonds. The van der Waals surface area contributed by atoms with Gasteiger partial charge in [0.2, 0.25) is 0 Å². The van der Waals surface area contributed by atoms with E-state index in [9.17, 15) is 4.79 Å². The Hall–Kier alpha value is -2.01. The molecule has 2 saturated heterocycles. The number of carbonyl (C=O) groups is 1. The number of anilines is 1. The van der Waals surface area contributed by atoms with Gasteiger partial charge in [0, 0.05) is 42.1 Å². The average Bonchev–Trinajstić information content (AvgIpc) is 3.06. The molecule has 4 aliphatic heterocycles. The molecule has 5 rings (SSSR count). The van der Waals surface area contributed by atoms with E-state index in [-0.39, 0.29) is 18.0 Å². The monoisotopic (exact) mass is 354 g/mol. The number of methoxy groups -OCH3 is 1. The maximum absolute atomic E-state index is 12.3. The highest BCUT2D eigenvalue weighted by atomic mass is 16.5. The molecule has 4 aliphatic rings. The lowest BCUT2D eigenvalue weighted by Gasteiger charge is -2.52. The van der Waals surface area contributed by atoms with Gasteiger partial charge in [-0.25, -0.2) is 4.79 Å². The maximum atomic E-state index is 12.3. The zero-order valence-corrected chi connectivity index (χ0v) is 15.4. The van der Waals surface area contributed by atoms with Gasteiger partial charge in [-0.05, 0) is 37.9 Å². The summed E-state index contributed by atoms with van der Waals surface area (Å²) < 4.78 is 10.8. The highest BCUT2D eigenvalue weighted by molar-refractivity contribution is 5.89. The summed E-state index contributed by atoms with van der Waals surface area (Å²) in [7, 11) is 1.46. The van der Waals surface area contributed by atoms with Crippen LogP contribution in [0.2, 0.25) is 0 Å². The lowest BCUT2D eigenvalue weighted by Crippen LogP contribution is -2.60. The highest BCUT2D eigenvalue weighted by Crippen LogP contribution is 2.48. The second-order valence-corrected chi connectivity index (χ2v) is 8.13. The first-order valence-electron chi connectivity index (χ1n) is 9.70. The number of fused-ring (bicyclic) bond motifs is 6. The van der Waals surface area contributed by atoms with Gasteiger partial charge in [0.05, 0.1) is 25.0 Å². The number of hydrogen-bond acceptors (Lipinski definition) is 5. The number of nitrogens with one attached hydrogen (secondary N) is 1. The van der Waals surface area contributed by atoms with Crippen molar-refractivity contribution in [1.82, 2.24) is 4.90 Å². The minimum Gasteiger partial charge on any atom is -0.497 e. The Balaban J connectivity index is 1.45. The number of carbonyl (C=O) groups excluding carboxylic acids is 1. The molecular formula is C21H26N2O3. The summed E-state index contributed by atoms with van der Waals surface area (Å²) in [6, 6.07) is 9.59. The molecule has 0 radical (unpaired) electrons. The zero-order chi connectivity index (χ0) is 17.8. The first kappa shape index (κ1) is 16.2. The van der Waals surface area contributed by atoms with Crippen molar-refractivity contribution in [3.8, 4) is 0 Å². The van der Waals surface area contributed by atoms with Gasteiger partial charge in [0.1, 0.15) is 0 Å². The number of esters is 1. The highest BCUT2D eigenvalue weighted by Gasteiger charge is 2.51. The Bertz CT molecular complexity index is 761. The van der Waals surface area contributed by atoms with Gasteiger partial charge in [-0.3, -0.25) is 4.90 Å². The van der Waals surface area contributed by atoms with Gasteiger partial charge < -0.3 is 14.8 Å². The third-order valence-electron chi connectivity index (χ3n) is 7.02. The van der Waals surface area contributed by atoms with E-state index < -0.39 is 0 Å². The van der Waals surface area contributed by atoms with E-state index in [4.69, 9.17) is 9.47 Å². The van der Waals surface area contributed by atoms with E-state index in [0.717, 1.165) is 19.5 Å². The first-order valence-corrected chi connectivity index (χ1v) is 9.70. The van der Waals surface area contributed by atoms with E-state index >= 15 is 0 Å². The molecule has 0 spiro atoms. The fourth-order valence-corrected chi connectivity index (χ4v) is 5.70. The fraction of sp³-hybridized carbons (Fsp3) is 0.571. The van der Waals surface area contributed by atoms with E-state index in [0.29, 0.717) is 29.5 Å². The standard InChI is InChI=1S/C21H26N2O3/c1-12-16-10-23-8-7-14-13-5-3-4-6-18(13)22-20(14)19(23)9-15(16)17(11-26-12)21(24)25-2/h3-6,11-12,14-16,19-20,22H,7-10H2,1-2H3/t12-,14?,15-,16-,19-,20?/m0/s1. The predicted molar refractivity (Wildman–Crippen MR) is 98.8 cm³/mol. The Morgan fingerprint density at radius 3 is 3.00 bits per heavy atom. The molecule has 0 saturated carbocycles. The van der Waals surface area contributed by atoms with Gasteiger partial charge in [-0.1, -0.05) is 18.2 Å². The van der Waals surface area contributed by atoms with Crippen molar-refractivity contribution < 1.29 is 14.3 Å². The van der Waals surface area contributed by atoms with Crippen LogP contribution in [0.25, 0.3) is 0 Å². The van der Waals surface area contributed by atoms with Crippen molar-refractivity contribution in [2.75, 3.05) is 25.5 Å². The van der Waals surface area contributed by atoms with Crippen molar-refractivity contribution in [2.24, 2.45) is 11.8 Å². The van der Waals surface area contributed by atoms with Crippen molar-refractivity contribution in [1.29, 1.82) is 0 Å². The Morgan fingerprint density at radius 2 is 2.15 bits per heavy atom. The number of benzene rings is 1. The van der Waals surface area contributed by atoms with E-state index in [2.05, 4.69) is 41.4 Å². The predicted octanol–water partition coefficient (Wildman–Crippen LogP) is 2.75. The van der Waals surface area contributed by atoms with E-state index in [1.165, 1.54) is 24.8 Å². The number of para-hydroxylation sites is 1. The van der Waals surface area contributed by atoms with Crippen molar-refractivity contribution in [3.63, 3.8) is 0 Å². The van der Waals surface area contributed by atoms with Crippen LogP contribution >= 0.6 is 0 Å². The molecule has 0 aromatic heterocycles. The third kappa shape index (κ3) is 2.29. The summed E-state index contributed by atoms with van der Waals surface area (Å²) in [6.45, 7) is 4.24. The van der Waals surface area contributed by atoms with E-state index in [1.807, 2.05) is 0 Å². The largest absolute Gasteiger partial charge is 0.497 e. The second kappa shape index (κ2) is 6.02. The van der Waals surface area contributed by atoms with Crippen LogP contribution in [-0.4, -0.2) is 49.3 Å². The quantitative estimate of drug-likeness (QED) is 0.786. The van der Waals surface area contributed by atoms with Crippen LogP contribution in [0, 0.1) is 11.8 Å². The minimum absolute atomic E-state index is 0.140. The van der Waals surface area contributed by atoms with Crippen LogP contribution in [0.4, 0.5) is 5.69 Å². The second-order valence-electron chi connectivity index (χ2n) is 8.13. The molecule has 1 N–H and O–H groups in total. The Morgan fingerprint density at radius 1 is 1.31 bits per heavy atom. The smallest absolute Gasteiger partial charge is 0.337 e. The Labute approximate surface area is 154 Å². The van der Waals surface area contributed by atoms with Crippen molar-refractivity contribution in [3.05, 3.63) is 41.7 Å². The van der Waals surface area contributed by atoms with E-state index in [1.54, 1.807) is 6.26 Å². The molecule has 2 unspecified atom stereocenters. The Kier molecular flexibility index (Phi) is 3.74. The summed E-state index contributed by atoms with van der Waals surface area (Å²) in [5, 5.41) is 3.79. The summed E-state index contributed by atoms with van der Waals surface area (Å²) in [5.41, 5.74) is 3.46. The molecule has 1 aromatic rings. The van der Waals surface area contributed by atoms with Crippen LogP contribution in [0.1, 0.15) is 31.2 Å². The number of hydrogen-bond donors (Lipinski definition) is 1. The molecule has 4 heterocycles. The molecule has 0 bridgehead atoms. The fourth-order valence-electron chi connectivity index (χ4n) is 5.70. The topological polar surface area (TPSA) is 50.8 Å². The molecule has 0 aliphatic carbocycles.